The molecule has 0 aliphatic heterocycles. The number of benzene rings is 2. The molecule has 2 atom stereocenters. The van der Waals surface area contributed by atoms with Crippen molar-refractivity contribution in [3.63, 3.8) is 0 Å². The summed E-state index contributed by atoms with van der Waals surface area (Å²) in [5.74, 6) is 0. The van der Waals surface area contributed by atoms with Crippen molar-refractivity contribution in [2.45, 2.75) is 58.0 Å². The van der Waals surface area contributed by atoms with E-state index in [0.717, 1.165) is 11.1 Å². The highest BCUT2D eigenvalue weighted by molar-refractivity contribution is 8.22. The normalized spacial score (nSPS) is 12.7. The molecule has 0 aliphatic rings. The van der Waals surface area contributed by atoms with E-state index in [1.807, 2.05) is 66.9 Å². The molecule has 2 N–H and O–H groups in total. The summed E-state index contributed by atoms with van der Waals surface area (Å²) in [7, 11) is 0. The fraction of sp³-hybridized carbons (Fsp3) is 0.423. The Bertz CT molecular complexity index is 936. The summed E-state index contributed by atoms with van der Waals surface area (Å²) >= 11 is 6.61. The average molecular weight is 519 g/mol. The molecule has 0 radical (unpaired) electrons. The molecule has 0 saturated carbocycles. The van der Waals surface area contributed by atoms with Gasteiger partial charge in [-0.25, -0.2) is 9.59 Å². The van der Waals surface area contributed by atoms with E-state index in [0.29, 0.717) is 17.2 Å². The Morgan fingerprint density at radius 2 is 1.57 bits per heavy atom. The van der Waals surface area contributed by atoms with Crippen molar-refractivity contribution in [3.05, 3.63) is 71.8 Å². The maximum Gasteiger partial charge on any atom is 0.407 e. The van der Waals surface area contributed by atoms with Gasteiger partial charge in [0.1, 0.15) is 18.3 Å². The number of ether oxygens (including phenoxy) is 3. The average Bonchev–Trinajstić information content (AvgIpc) is 2.81. The molecule has 7 nitrogen and oxygen atoms in total. The summed E-state index contributed by atoms with van der Waals surface area (Å²) in [6.07, 6.45) is 1.14. The third kappa shape index (κ3) is 12.0. The Hall–Kier alpha value is -2.78. The van der Waals surface area contributed by atoms with Gasteiger partial charge in [0.2, 0.25) is 4.38 Å². The van der Waals surface area contributed by atoms with Gasteiger partial charge >= 0.3 is 12.2 Å². The Labute approximate surface area is 217 Å². The molecule has 0 unspecified atom stereocenters. The van der Waals surface area contributed by atoms with E-state index in [1.54, 1.807) is 20.8 Å². The van der Waals surface area contributed by atoms with Gasteiger partial charge in [-0.15, -0.1) is 0 Å². The summed E-state index contributed by atoms with van der Waals surface area (Å²) in [6, 6.07) is 18.8. The molecule has 0 aromatic heterocycles. The number of hydrogen-bond acceptors (Lipinski definition) is 7. The number of carbonyl (C=O) groups excluding carboxylic acids is 2. The van der Waals surface area contributed by atoms with E-state index in [4.69, 9.17) is 26.4 Å². The van der Waals surface area contributed by atoms with E-state index in [-0.39, 0.29) is 13.2 Å². The van der Waals surface area contributed by atoms with Crippen LogP contribution in [0.2, 0.25) is 0 Å². The second kappa shape index (κ2) is 14.6. The molecule has 2 aromatic carbocycles. The highest BCUT2D eigenvalue weighted by Crippen LogP contribution is 2.16. The molecular weight excluding hydrogens is 484 g/mol. The molecule has 0 bridgehead atoms. The largest absolute Gasteiger partial charge is 0.473 e. The third-order valence-electron chi connectivity index (χ3n) is 4.77. The molecule has 0 saturated heterocycles. The molecule has 9 heteroatoms. The van der Waals surface area contributed by atoms with Gasteiger partial charge in [-0.1, -0.05) is 72.4 Å². The number of hydrogen-bond donors (Lipinski definition) is 2. The van der Waals surface area contributed by atoms with Gasteiger partial charge in [0, 0.05) is 13.0 Å². The molecule has 0 aliphatic carbocycles. The first-order valence-corrected chi connectivity index (χ1v) is 13.0. The minimum Gasteiger partial charge on any atom is -0.473 e. The van der Waals surface area contributed by atoms with Gasteiger partial charge in [0.25, 0.3) is 0 Å². The Balaban J connectivity index is 2.10. The van der Waals surface area contributed by atoms with E-state index in [1.165, 1.54) is 11.8 Å². The van der Waals surface area contributed by atoms with Crippen LogP contribution >= 0.6 is 24.0 Å². The molecule has 2 aromatic rings. The quantitative estimate of drug-likeness (QED) is 0.403. The van der Waals surface area contributed by atoms with E-state index < -0.39 is 29.9 Å². The van der Waals surface area contributed by atoms with Gasteiger partial charge < -0.3 is 24.8 Å². The summed E-state index contributed by atoms with van der Waals surface area (Å²) in [6.45, 7) is 5.84. The Kier molecular flexibility index (Phi) is 11.9. The lowest BCUT2D eigenvalue weighted by Crippen LogP contribution is -2.48. The smallest absolute Gasteiger partial charge is 0.407 e. The van der Waals surface area contributed by atoms with E-state index in [9.17, 15) is 9.59 Å². The zero-order valence-electron chi connectivity index (χ0n) is 20.6. The van der Waals surface area contributed by atoms with Crippen molar-refractivity contribution in [1.29, 1.82) is 0 Å². The van der Waals surface area contributed by atoms with Crippen LogP contribution in [-0.4, -0.2) is 47.1 Å². The zero-order valence-corrected chi connectivity index (χ0v) is 22.2. The first-order chi connectivity index (χ1) is 16.7. The van der Waals surface area contributed by atoms with E-state index in [2.05, 4.69) is 10.6 Å². The number of nitrogens with one attached hydrogen (secondary N) is 2. The lowest BCUT2D eigenvalue weighted by Gasteiger charge is -2.29. The maximum atomic E-state index is 12.7. The molecule has 2 rings (SSSR count). The molecular formula is C26H34N2O5S2. The van der Waals surface area contributed by atoms with Crippen molar-refractivity contribution in [1.82, 2.24) is 10.6 Å². The monoisotopic (exact) mass is 518 g/mol. The molecule has 190 valence electrons. The number of alkyl carbamates (subject to hydrolysis) is 2. The lowest BCUT2D eigenvalue weighted by atomic mass is 9.99. The minimum atomic E-state index is -0.597. The van der Waals surface area contributed by atoms with Crippen molar-refractivity contribution < 1.29 is 23.8 Å². The van der Waals surface area contributed by atoms with Crippen LogP contribution in [0.3, 0.4) is 0 Å². The number of thiocarbonyl (C=S) groups is 1. The second-order valence-corrected chi connectivity index (χ2v) is 10.2. The highest BCUT2D eigenvalue weighted by atomic mass is 32.2. The first kappa shape index (κ1) is 28.5. The topological polar surface area (TPSA) is 85.9 Å². The van der Waals surface area contributed by atoms with Crippen LogP contribution in [0.25, 0.3) is 0 Å². The number of amides is 2. The highest BCUT2D eigenvalue weighted by Gasteiger charge is 2.27. The summed E-state index contributed by atoms with van der Waals surface area (Å²) in [5.41, 5.74) is 1.31. The zero-order chi connectivity index (χ0) is 25.7. The predicted molar refractivity (Wildman–Crippen MR) is 144 cm³/mol. The van der Waals surface area contributed by atoms with Crippen LogP contribution in [0.5, 0.6) is 0 Å². The summed E-state index contributed by atoms with van der Waals surface area (Å²) in [5, 5.41) is 5.69. The van der Waals surface area contributed by atoms with Crippen molar-refractivity contribution in [3.8, 4) is 0 Å². The van der Waals surface area contributed by atoms with Gasteiger partial charge in [-0.3, -0.25) is 0 Å². The van der Waals surface area contributed by atoms with Gasteiger partial charge in [0.15, 0.2) is 0 Å². The molecule has 0 spiro atoms. The van der Waals surface area contributed by atoms with Crippen molar-refractivity contribution in [2.75, 3.05) is 12.8 Å². The summed E-state index contributed by atoms with van der Waals surface area (Å²) in [4.78, 5) is 24.8. The van der Waals surface area contributed by atoms with Crippen LogP contribution < -0.4 is 10.6 Å². The lowest BCUT2D eigenvalue weighted by molar-refractivity contribution is 0.0513. The van der Waals surface area contributed by atoms with Crippen LogP contribution in [0.4, 0.5) is 9.59 Å². The van der Waals surface area contributed by atoms with Crippen LogP contribution in [0, 0.1) is 0 Å². The molecule has 35 heavy (non-hydrogen) atoms. The van der Waals surface area contributed by atoms with Crippen LogP contribution in [0.15, 0.2) is 60.7 Å². The standard InChI is InChI=1S/C26H34N2O5S2/c1-26(2,3)33-23(29)27-16-15-22(32-25(34)35-4)21(17-19-11-7-5-8-12-19)28-24(30)31-18-20-13-9-6-10-14-20/h5-14,21-22H,15-18H2,1-4H3,(H,27,29)(H,28,30)/t21-,22-/m0/s1. The van der Waals surface area contributed by atoms with Gasteiger partial charge in [-0.2, -0.15) is 0 Å². The van der Waals surface area contributed by atoms with Gasteiger partial charge in [-0.05, 0) is 56.8 Å². The second-order valence-electron chi connectivity index (χ2n) is 8.83. The molecule has 2 amide bonds. The minimum absolute atomic E-state index is 0.152. The SMILES string of the molecule is CSC(=S)O[C@@H](CCNC(=O)OC(C)(C)C)[C@H](Cc1ccccc1)NC(=O)OCc1ccccc1. The Morgan fingerprint density at radius 3 is 2.14 bits per heavy atom. The maximum absolute atomic E-state index is 12.7. The van der Waals surface area contributed by atoms with Crippen LogP contribution in [0.1, 0.15) is 38.3 Å². The number of thioether (sulfide) groups is 1. The Morgan fingerprint density at radius 1 is 0.971 bits per heavy atom. The molecule has 0 fully saturated rings. The van der Waals surface area contributed by atoms with Crippen molar-refractivity contribution in [2.24, 2.45) is 0 Å². The third-order valence-corrected chi connectivity index (χ3v) is 5.80. The number of rotatable bonds is 10. The van der Waals surface area contributed by atoms with Gasteiger partial charge in [0.05, 0.1) is 6.04 Å². The molecule has 0 heterocycles. The van der Waals surface area contributed by atoms with Crippen LogP contribution in [-0.2, 0) is 27.2 Å². The van der Waals surface area contributed by atoms with E-state index >= 15 is 0 Å². The van der Waals surface area contributed by atoms with Crippen molar-refractivity contribution >= 4 is 40.5 Å². The fourth-order valence-electron chi connectivity index (χ4n) is 3.20. The summed E-state index contributed by atoms with van der Waals surface area (Å²) < 4.78 is 17.1. The first-order valence-electron chi connectivity index (χ1n) is 11.4. The fourth-order valence-corrected chi connectivity index (χ4v) is 3.55. The predicted octanol–water partition coefficient (Wildman–Crippen LogP) is 5.47. The number of carbonyl (C=O) groups is 2.